The Morgan fingerprint density at radius 3 is 2.74 bits per heavy atom. The highest BCUT2D eigenvalue weighted by molar-refractivity contribution is 6.30. The van der Waals surface area contributed by atoms with Crippen molar-refractivity contribution in [3.63, 3.8) is 0 Å². The normalized spacial score (nSPS) is 14.8. The molecule has 3 heteroatoms. The smallest absolute Gasteiger partial charge is 0.122 e. The van der Waals surface area contributed by atoms with E-state index in [-0.39, 0.29) is 6.04 Å². The van der Waals surface area contributed by atoms with E-state index in [0.717, 1.165) is 30.2 Å². The van der Waals surface area contributed by atoms with Crippen LogP contribution in [0.25, 0.3) is 0 Å². The first-order valence-electron chi connectivity index (χ1n) is 6.48. The standard InChI is InChI=1S/C16H16ClNO/c17-14-4-1-11(2-5-14)9-15(18)12-3-6-16-13(10-12)7-8-19-16/h1-6,10,15H,7-9,18H2. The molecule has 0 amide bonds. The largest absolute Gasteiger partial charge is 0.493 e. The predicted molar refractivity (Wildman–Crippen MR) is 77.7 cm³/mol. The fraction of sp³-hybridized carbons (Fsp3) is 0.250. The van der Waals surface area contributed by atoms with Crippen LogP contribution in [0, 0.1) is 0 Å². The van der Waals surface area contributed by atoms with Crippen LogP contribution in [-0.4, -0.2) is 6.61 Å². The van der Waals surface area contributed by atoms with Crippen molar-refractivity contribution in [2.75, 3.05) is 6.61 Å². The average Bonchev–Trinajstić information content (AvgIpc) is 2.88. The molecule has 1 aliphatic heterocycles. The molecule has 19 heavy (non-hydrogen) atoms. The number of fused-ring (bicyclic) bond motifs is 1. The number of rotatable bonds is 3. The Morgan fingerprint density at radius 1 is 1.16 bits per heavy atom. The van der Waals surface area contributed by atoms with E-state index in [2.05, 4.69) is 12.1 Å². The summed E-state index contributed by atoms with van der Waals surface area (Å²) in [5.74, 6) is 1.00. The number of hydrogen-bond donors (Lipinski definition) is 1. The van der Waals surface area contributed by atoms with Crippen molar-refractivity contribution in [3.8, 4) is 5.75 Å². The van der Waals surface area contributed by atoms with Crippen LogP contribution in [0.4, 0.5) is 0 Å². The van der Waals surface area contributed by atoms with Gasteiger partial charge in [0.2, 0.25) is 0 Å². The maximum absolute atomic E-state index is 6.29. The van der Waals surface area contributed by atoms with Crippen LogP contribution in [0.2, 0.25) is 5.02 Å². The molecule has 1 heterocycles. The van der Waals surface area contributed by atoms with E-state index >= 15 is 0 Å². The Kier molecular flexibility index (Phi) is 3.45. The van der Waals surface area contributed by atoms with Crippen LogP contribution in [0.3, 0.4) is 0 Å². The molecule has 1 unspecified atom stereocenters. The molecule has 0 spiro atoms. The lowest BCUT2D eigenvalue weighted by Crippen LogP contribution is -2.13. The van der Waals surface area contributed by atoms with E-state index < -0.39 is 0 Å². The number of ether oxygens (including phenoxy) is 1. The van der Waals surface area contributed by atoms with Crippen molar-refractivity contribution < 1.29 is 4.74 Å². The molecular formula is C16H16ClNO. The molecule has 2 N–H and O–H groups in total. The summed E-state index contributed by atoms with van der Waals surface area (Å²) >= 11 is 5.88. The minimum absolute atomic E-state index is 0.00655. The van der Waals surface area contributed by atoms with Gasteiger partial charge in [-0.15, -0.1) is 0 Å². The molecule has 0 bridgehead atoms. The maximum Gasteiger partial charge on any atom is 0.122 e. The number of hydrogen-bond acceptors (Lipinski definition) is 2. The van der Waals surface area contributed by atoms with Gasteiger partial charge in [-0.3, -0.25) is 0 Å². The van der Waals surface area contributed by atoms with Crippen molar-refractivity contribution in [2.45, 2.75) is 18.9 Å². The number of benzene rings is 2. The second-order valence-corrected chi connectivity index (χ2v) is 5.34. The second kappa shape index (κ2) is 5.24. The molecule has 2 aromatic rings. The summed E-state index contributed by atoms with van der Waals surface area (Å²) < 4.78 is 5.51. The Morgan fingerprint density at radius 2 is 1.95 bits per heavy atom. The lowest BCUT2D eigenvalue weighted by molar-refractivity contribution is 0.357. The summed E-state index contributed by atoms with van der Waals surface area (Å²) in [6.45, 7) is 0.783. The van der Waals surface area contributed by atoms with Gasteiger partial charge in [-0.1, -0.05) is 35.9 Å². The summed E-state index contributed by atoms with van der Waals surface area (Å²) in [6, 6.07) is 14.1. The van der Waals surface area contributed by atoms with E-state index in [4.69, 9.17) is 22.1 Å². The zero-order valence-corrected chi connectivity index (χ0v) is 11.4. The minimum Gasteiger partial charge on any atom is -0.493 e. The third kappa shape index (κ3) is 2.75. The summed E-state index contributed by atoms with van der Waals surface area (Å²) in [4.78, 5) is 0. The third-order valence-corrected chi connectivity index (χ3v) is 3.76. The fourth-order valence-electron chi connectivity index (χ4n) is 2.43. The van der Waals surface area contributed by atoms with Crippen LogP contribution >= 0.6 is 11.6 Å². The quantitative estimate of drug-likeness (QED) is 0.929. The summed E-state index contributed by atoms with van der Waals surface area (Å²) in [5, 5.41) is 0.756. The maximum atomic E-state index is 6.29. The molecule has 0 fully saturated rings. The summed E-state index contributed by atoms with van der Waals surface area (Å²) in [5.41, 5.74) is 9.92. The monoisotopic (exact) mass is 273 g/mol. The average molecular weight is 274 g/mol. The highest BCUT2D eigenvalue weighted by atomic mass is 35.5. The van der Waals surface area contributed by atoms with Gasteiger partial charge in [0.15, 0.2) is 0 Å². The van der Waals surface area contributed by atoms with Crippen LogP contribution in [0.5, 0.6) is 5.75 Å². The van der Waals surface area contributed by atoms with E-state index in [1.165, 1.54) is 16.7 Å². The minimum atomic E-state index is 0.00655. The second-order valence-electron chi connectivity index (χ2n) is 4.90. The lowest BCUT2D eigenvalue weighted by Gasteiger charge is -2.13. The van der Waals surface area contributed by atoms with Crippen molar-refractivity contribution in [1.29, 1.82) is 0 Å². The molecule has 2 aromatic carbocycles. The molecular weight excluding hydrogens is 258 g/mol. The van der Waals surface area contributed by atoms with Gasteiger partial charge in [0.05, 0.1) is 6.61 Å². The summed E-state index contributed by atoms with van der Waals surface area (Å²) in [6.07, 6.45) is 1.80. The van der Waals surface area contributed by atoms with Crippen molar-refractivity contribution in [3.05, 3.63) is 64.2 Å². The molecule has 3 rings (SSSR count). The van der Waals surface area contributed by atoms with Crippen LogP contribution < -0.4 is 10.5 Å². The Bertz CT molecular complexity index is 580. The van der Waals surface area contributed by atoms with Gasteiger partial charge in [0, 0.05) is 17.5 Å². The van der Waals surface area contributed by atoms with Gasteiger partial charge >= 0.3 is 0 Å². The lowest BCUT2D eigenvalue weighted by atomic mass is 9.97. The van der Waals surface area contributed by atoms with Crippen molar-refractivity contribution in [1.82, 2.24) is 0 Å². The molecule has 0 saturated carbocycles. The zero-order valence-electron chi connectivity index (χ0n) is 10.6. The first-order valence-corrected chi connectivity index (χ1v) is 6.86. The molecule has 0 radical (unpaired) electrons. The van der Waals surface area contributed by atoms with Crippen molar-refractivity contribution in [2.24, 2.45) is 5.73 Å². The van der Waals surface area contributed by atoms with Crippen LogP contribution in [0.1, 0.15) is 22.7 Å². The van der Waals surface area contributed by atoms with Gasteiger partial charge in [0.1, 0.15) is 5.75 Å². The molecule has 0 saturated heterocycles. The van der Waals surface area contributed by atoms with Gasteiger partial charge in [-0.25, -0.2) is 0 Å². The highest BCUT2D eigenvalue weighted by Gasteiger charge is 2.15. The molecule has 1 aliphatic rings. The van der Waals surface area contributed by atoms with Crippen molar-refractivity contribution >= 4 is 11.6 Å². The van der Waals surface area contributed by atoms with Gasteiger partial charge in [0.25, 0.3) is 0 Å². The molecule has 98 valence electrons. The number of halogens is 1. The van der Waals surface area contributed by atoms with E-state index in [1.54, 1.807) is 0 Å². The third-order valence-electron chi connectivity index (χ3n) is 3.51. The molecule has 1 atom stereocenters. The van der Waals surface area contributed by atoms with Crippen LogP contribution in [0.15, 0.2) is 42.5 Å². The summed E-state index contributed by atoms with van der Waals surface area (Å²) in [7, 11) is 0. The fourth-order valence-corrected chi connectivity index (χ4v) is 2.56. The predicted octanol–water partition coefficient (Wildman–Crippen LogP) is 3.52. The highest BCUT2D eigenvalue weighted by Crippen LogP contribution is 2.28. The van der Waals surface area contributed by atoms with Crippen LogP contribution in [-0.2, 0) is 12.8 Å². The van der Waals surface area contributed by atoms with Gasteiger partial charge in [-0.2, -0.15) is 0 Å². The van der Waals surface area contributed by atoms with E-state index in [1.807, 2.05) is 30.3 Å². The molecule has 2 nitrogen and oxygen atoms in total. The first-order chi connectivity index (χ1) is 9.22. The first kappa shape index (κ1) is 12.5. The SMILES string of the molecule is NC(Cc1ccc(Cl)cc1)c1ccc2c(c1)CCO2. The Balaban J connectivity index is 1.76. The van der Waals surface area contributed by atoms with Gasteiger partial charge < -0.3 is 10.5 Å². The van der Waals surface area contributed by atoms with E-state index in [0.29, 0.717) is 0 Å². The van der Waals surface area contributed by atoms with Gasteiger partial charge in [-0.05, 0) is 41.3 Å². The Hall–Kier alpha value is -1.51. The molecule has 0 aromatic heterocycles. The topological polar surface area (TPSA) is 35.2 Å². The van der Waals surface area contributed by atoms with E-state index in [9.17, 15) is 0 Å². The molecule has 0 aliphatic carbocycles. The number of nitrogens with two attached hydrogens (primary N) is 1. The zero-order chi connectivity index (χ0) is 13.2. The Labute approximate surface area is 118 Å².